The molecule has 0 aliphatic heterocycles. The second-order valence-electron chi connectivity index (χ2n) is 4.64. The van der Waals surface area contributed by atoms with E-state index in [0.717, 1.165) is 5.56 Å². The van der Waals surface area contributed by atoms with Gasteiger partial charge in [0.25, 0.3) is 10.1 Å². The van der Waals surface area contributed by atoms with Gasteiger partial charge < -0.3 is 0 Å². The molecule has 0 fully saturated rings. The van der Waals surface area contributed by atoms with E-state index in [9.17, 15) is 13.0 Å². The van der Waals surface area contributed by atoms with E-state index in [1.165, 1.54) is 6.08 Å². The van der Waals surface area contributed by atoms with Gasteiger partial charge in [0.1, 0.15) is 0 Å². The zero-order valence-electron chi connectivity index (χ0n) is 9.64. The average Bonchev–Trinajstić information content (AvgIpc) is 2.12. The summed E-state index contributed by atoms with van der Waals surface area (Å²) in [4.78, 5) is 0.0196. The summed E-state index contributed by atoms with van der Waals surface area (Å²) in [5, 5.41) is 0. The summed E-state index contributed by atoms with van der Waals surface area (Å²) in [5.74, 6) is 0. The van der Waals surface area contributed by atoms with Crippen molar-refractivity contribution in [1.29, 1.82) is 0 Å². The molecule has 3 nitrogen and oxygen atoms in total. The van der Waals surface area contributed by atoms with Crippen LogP contribution in [0.2, 0.25) is 0 Å². The van der Waals surface area contributed by atoms with Crippen molar-refractivity contribution in [3.8, 4) is 0 Å². The lowest BCUT2D eigenvalue weighted by Crippen LogP contribution is -2.17. The third kappa shape index (κ3) is 3.47. The van der Waals surface area contributed by atoms with Crippen molar-refractivity contribution < 1.29 is 13.0 Å². The molecule has 0 aliphatic rings. The van der Waals surface area contributed by atoms with Crippen molar-refractivity contribution in [2.45, 2.75) is 20.8 Å². The van der Waals surface area contributed by atoms with Crippen LogP contribution >= 0.6 is 0 Å². The number of hydrogen-bond acceptors (Lipinski definition) is 2. The van der Waals surface area contributed by atoms with Gasteiger partial charge in [-0.3, -0.25) is 4.55 Å². The predicted molar refractivity (Wildman–Crippen MR) is 65.4 cm³/mol. The Morgan fingerprint density at radius 1 is 1.19 bits per heavy atom. The molecule has 4 heteroatoms. The molecule has 0 radical (unpaired) electrons. The van der Waals surface area contributed by atoms with E-state index < -0.39 is 15.5 Å². The van der Waals surface area contributed by atoms with E-state index in [1.807, 2.05) is 18.2 Å². The van der Waals surface area contributed by atoms with Crippen molar-refractivity contribution in [1.82, 2.24) is 0 Å². The zero-order valence-corrected chi connectivity index (χ0v) is 10.5. The van der Waals surface area contributed by atoms with Crippen LogP contribution in [0.4, 0.5) is 0 Å². The molecule has 88 valence electrons. The molecule has 0 saturated heterocycles. The minimum absolute atomic E-state index is 0.0196. The molecule has 0 saturated carbocycles. The third-order valence-electron chi connectivity index (χ3n) is 2.11. The lowest BCUT2D eigenvalue weighted by Gasteiger charge is -2.20. The van der Waals surface area contributed by atoms with Crippen LogP contribution in [0.15, 0.2) is 35.2 Å². The molecule has 0 unspecified atom stereocenters. The molecular weight excluding hydrogens is 224 g/mol. The maximum atomic E-state index is 11.3. The molecule has 1 rings (SSSR count). The van der Waals surface area contributed by atoms with Crippen LogP contribution in [0.3, 0.4) is 0 Å². The first-order chi connectivity index (χ1) is 7.21. The Labute approximate surface area is 96.6 Å². The van der Waals surface area contributed by atoms with E-state index in [1.54, 1.807) is 32.9 Å². The van der Waals surface area contributed by atoms with Crippen LogP contribution in [0, 0.1) is 5.41 Å². The van der Waals surface area contributed by atoms with Crippen LogP contribution in [-0.2, 0) is 10.1 Å². The van der Waals surface area contributed by atoms with Crippen LogP contribution in [-0.4, -0.2) is 13.0 Å². The topological polar surface area (TPSA) is 54.4 Å². The van der Waals surface area contributed by atoms with Gasteiger partial charge in [0, 0.05) is 5.41 Å². The van der Waals surface area contributed by atoms with E-state index in [0.29, 0.717) is 0 Å². The minimum Gasteiger partial charge on any atom is -0.282 e. The number of allylic oxidation sites excluding steroid dienone is 1. The second kappa shape index (κ2) is 4.39. The van der Waals surface area contributed by atoms with Gasteiger partial charge in [-0.2, -0.15) is 8.42 Å². The van der Waals surface area contributed by atoms with Gasteiger partial charge in [0.2, 0.25) is 0 Å². The van der Waals surface area contributed by atoms with Crippen molar-refractivity contribution in [3.63, 3.8) is 0 Å². The molecule has 0 aromatic heterocycles. The van der Waals surface area contributed by atoms with Crippen molar-refractivity contribution in [3.05, 3.63) is 40.8 Å². The Kier molecular flexibility index (Phi) is 3.55. The zero-order chi connectivity index (χ0) is 12.4. The molecule has 1 aromatic rings. The van der Waals surface area contributed by atoms with Gasteiger partial charge in [-0.25, -0.2) is 0 Å². The van der Waals surface area contributed by atoms with Gasteiger partial charge in [-0.15, -0.1) is 0 Å². The lowest BCUT2D eigenvalue weighted by molar-refractivity contribution is 0.460. The summed E-state index contributed by atoms with van der Waals surface area (Å²) < 4.78 is 31.7. The summed E-state index contributed by atoms with van der Waals surface area (Å²) in [6, 6.07) is 9.06. The standard InChI is InChI=1S/C12H16O3S/c1-12(2,3)11(16(13,14)15)9-10-7-5-4-6-8-10/h4-9H,1-3H3,(H,13,14,15). The van der Waals surface area contributed by atoms with Crippen LogP contribution < -0.4 is 0 Å². The molecule has 0 aliphatic carbocycles. The molecule has 0 bridgehead atoms. The normalized spacial score (nSPS) is 13.9. The first-order valence-corrected chi connectivity index (χ1v) is 6.40. The van der Waals surface area contributed by atoms with Crippen LogP contribution in [0.5, 0.6) is 0 Å². The summed E-state index contributed by atoms with van der Waals surface area (Å²) in [6.45, 7) is 5.24. The average molecular weight is 240 g/mol. The largest absolute Gasteiger partial charge is 0.291 e. The van der Waals surface area contributed by atoms with Gasteiger partial charge in [-0.1, -0.05) is 51.1 Å². The molecule has 16 heavy (non-hydrogen) atoms. The smallest absolute Gasteiger partial charge is 0.282 e. The Hall–Kier alpha value is -1.13. The van der Waals surface area contributed by atoms with Crippen LogP contribution in [0.25, 0.3) is 6.08 Å². The SMILES string of the molecule is CC(C)(C)C(=Cc1ccccc1)S(=O)(=O)O. The summed E-state index contributed by atoms with van der Waals surface area (Å²) in [7, 11) is -4.16. The highest BCUT2D eigenvalue weighted by molar-refractivity contribution is 7.90. The lowest BCUT2D eigenvalue weighted by atomic mass is 9.95. The molecule has 1 aromatic carbocycles. The second-order valence-corrected chi connectivity index (χ2v) is 6.03. The maximum absolute atomic E-state index is 11.3. The summed E-state index contributed by atoms with van der Waals surface area (Å²) >= 11 is 0. The summed E-state index contributed by atoms with van der Waals surface area (Å²) in [5.41, 5.74) is 0.133. The van der Waals surface area contributed by atoms with E-state index in [4.69, 9.17) is 0 Å². The fourth-order valence-electron chi connectivity index (χ4n) is 1.38. The Morgan fingerprint density at radius 3 is 2.06 bits per heavy atom. The Morgan fingerprint density at radius 2 is 1.69 bits per heavy atom. The van der Waals surface area contributed by atoms with Gasteiger partial charge in [-0.05, 0) is 11.6 Å². The fraction of sp³-hybridized carbons (Fsp3) is 0.333. The highest BCUT2D eigenvalue weighted by Gasteiger charge is 2.27. The summed E-state index contributed by atoms with van der Waals surface area (Å²) in [6.07, 6.45) is 1.50. The van der Waals surface area contributed by atoms with E-state index in [2.05, 4.69) is 0 Å². The van der Waals surface area contributed by atoms with Crippen molar-refractivity contribution in [2.24, 2.45) is 5.41 Å². The molecular formula is C12H16O3S. The first-order valence-electron chi connectivity index (χ1n) is 4.96. The Balaban J connectivity index is 3.30. The molecule has 0 atom stereocenters. The third-order valence-corrected chi connectivity index (χ3v) is 3.40. The van der Waals surface area contributed by atoms with Crippen LogP contribution in [0.1, 0.15) is 26.3 Å². The predicted octanol–water partition coefficient (Wildman–Crippen LogP) is 2.96. The van der Waals surface area contributed by atoms with Crippen molar-refractivity contribution in [2.75, 3.05) is 0 Å². The van der Waals surface area contributed by atoms with Gasteiger partial charge >= 0.3 is 0 Å². The number of rotatable bonds is 2. The van der Waals surface area contributed by atoms with Gasteiger partial charge in [0.05, 0.1) is 4.91 Å². The highest BCUT2D eigenvalue weighted by atomic mass is 32.2. The highest BCUT2D eigenvalue weighted by Crippen LogP contribution is 2.30. The number of hydrogen-bond donors (Lipinski definition) is 1. The van der Waals surface area contributed by atoms with Gasteiger partial charge in [0.15, 0.2) is 0 Å². The quantitative estimate of drug-likeness (QED) is 0.808. The monoisotopic (exact) mass is 240 g/mol. The van der Waals surface area contributed by atoms with E-state index >= 15 is 0 Å². The minimum atomic E-state index is -4.16. The Bertz CT molecular complexity index is 479. The molecule has 0 amide bonds. The van der Waals surface area contributed by atoms with Crippen molar-refractivity contribution >= 4 is 16.2 Å². The first kappa shape index (κ1) is 12.9. The molecule has 1 N–H and O–H groups in total. The maximum Gasteiger partial charge on any atom is 0.291 e. The van der Waals surface area contributed by atoms with E-state index in [-0.39, 0.29) is 4.91 Å². The molecule has 0 heterocycles. The molecule has 0 spiro atoms. The number of benzene rings is 1. The fourth-order valence-corrected chi connectivity index (χ4v) is 2.44.